The quantitative estimate of drug-likeness (QED) is 0.720. The molecule has 0 aliphatic rings. The monoisotopic (exact) mass is 384 g/mol. The van der Waals surface area contributed by atoms with Crippen LogP contribution < -0.4 is 10.0 Å². The highest BCUT2D eigenvalue weighted by atomic mass is 79.9. The van der Waals surface area contributed by atoms with E-state index in [0.29, 0.717) is 18.3 Å². The van der Waals surface area contributed by atoms with Crippen LogP contribution in [-0.2, 0) is 16.6 Å². The zero-order valence-electron chi connectivity index (χ0n) is 12.1. The fraction of sp³-hybridized carbons (Fsp3) is 0.667. The Kier molecular flexibility index (Phi) is 7.07. The highest BCUT2D eigenvalue weighted by Gasteiger charge is 2.24. The van der Waals surface area contributed by atoms with E-state index in [1.165, 1.54) is 0 Å². The van der Waals surface area contributed by atoms with E-state index in [-0.39, 0.29) is 15.6 Å². The smallest absolute Gasteiger partial charge is 0.245 e. The molecular formula is C12H21BrN2O3S2. The van der Waals surface area contributed by atoms with Crippen LogP contribution in [0.15, 0.2) is 20.0 Å². The molecule has 0 radical (unpaired) electrons. The average Bonchev–Trinajstić information content (AvgIpc) is 2.68. The highest BCUT2D eigenvalue weighted by molar-refractivity contribution is 9.10. The second-order valence-corrected chi connectivity index (χ2v) is 8.18. The van der Waals surface area contributed by atoms with E-state index in [1.807, 2.05) is 27.0 Å². The van der Waals surface area contributed by atoms with Crippen LogP contribution in [0.5, 0.6) is 0 Å². The summed E-state index contributed by atoms with van der Waals surface area (Å²) in [6.07, 6.45) is 1.94. The third-order valence-electron chi connectivity index (χ3n) is 2.45. The molecule has 1 aromatic heterocycles. The summed E-state index contributed by atoms with van der Waals surface area (Å²) in [6, 6.07) is 1.72. The summed E-state index contributed by atoms with van der Waals surface area (Å²) in [5, 5.41) is 3.18. The predicted molar refractivity (Wildman–Crippen MR) is 86.5 cm³/mol. The number of hydrogen-bond acceptors (Lipinski definition) is 5. The van der Waals surface area contributed by atoms with Crippen LogP contribution in [0.1, 0.15) is 26.5 Å². The van der Waals surface area contributed by atoms with E-state index < -0.39 is 10.0 Å². The molecule has 0 saturated heterocycles. The second kappa shape index (κ2) is 7.84. The van der Waals surface area contributed by atoms with Crippen molar-refractivity contribution in [1.82, 2.24) is 10.0 Å². The summed E-state index contributed by atoms with van der Waals surface area (Å²) in [5.41, 5.74) is 0. The predicted octanol–water partition coefficient (Wildman–Crippen LogP) is 2.57. The lowest BCUT2D eigenvalue weighted by molar-refractivity contribution is 0.447. The van der Waals surface area contributed by atoms with Crippen LogP contribution in [-0.4, -0.2) is 32.5 Å². The molecule has 2 N–H and O–H groups in total. The van der Waals surface area contributed by atoms with E-state index in [0.717, 1.165) is 5.75 Å². The van der Waals surface area contributed by atoms with Gasteiger partial charge in [0, 0.05) is 23.9 Å². The Morgan fingerprint density at radius 2 is 2.05 bits per heavy atom. The molecule has 1 aromatic rings. The minimum atomic E-state index is -3.56. The fourth-order valence-corrected chi connectivity index (χ4v) is 4.52. The standard InChI is InChI=1S/C12H21BrN2O3S2/c1-8(2)14-6-10-5-11(12(13)18-10)20(16,17)15-9(3)7-19-4/h5,8-9,14-15H,6-7H2,1-4H3. The molecule has 1 heterocycles. The Hall–Kier alpha value is -0.0200. The Balaban J connectivity index is 2.84. The van der Waals surface area contributed by atoms with Crippen LogP contribution in [0.3, 0.4) is 0 Å². The van der Waals surface area contributed by atoms with Crippen molar-refractivity contribution in [1.29, 1.82) is 0 Å². The van der Waals surface area contributed by atoms with Crippen molar-refractivity contribution in [2.24, 2.45) is 0 Å². The van der Waals surface area contributed by atoms with Gasteiger partial charge in [0.1, 0.15) is 10.7 Å². The normalized spacial score (nSPS) is 13.9. The van der Waals surface area contributed by atoms with Gasteiger partial charge in [0.2, 0.25) is 10.0 Å². The maximum atomic E-state index is 12.3. The molecule has 1 unspecified atom stereocenters. The lowest BCUT2D eigenvalue weighted by Gasteiger charge is -2.11. The minimum absolute atomic E-state index is 0.131. The highest BCUT2D eigenvalue weighted by Crippen LogP contribution is 2.26. The molecule has 0 saturated carbocycles. The van der Waals surface area contributed by atoms with Crippen LogP contribution in [0, 0.1) is 0 Å². The summed E-state index contributed by atoms with van der Waals surface area (Å²) >= 11 is 4.76. The molecule has 20 heavy (non-hydrogen) atoms. The van der Waals surface area contributed by atoms with Gasteiger partial charge in [-0.05, 0) is 29.1 Å². The molecule has 0 fully saturated rings. The van der Waals surface area contributed by atoms with Gasteiger partial charge < -0.3 is 9.73 Å². The van der Waals surface area contributed by atoms with E-state index >= 15 is 0 Å². The lowest BCUT2D eigenvalue weighted by Crippen LogP contribution is -2.34. The average molecular weight is 385 g/mol. The topological polar surface area (TPSA) is 71.3 Å². The number of nitrogens with one attached hydrogen (secondary N) is 2. The summed E-state index contributed by atoms with van der Waals surface area (Å²) in [6.45, 7) is 6.36. The number of thioether (sulfide) groups is 1. The van der Waals surface area contributed by atoms with Crippen LogP contribution >= 0.6 is 27.7 Å². The molecule has 0 bridgehead atoms. The van der Waals surface area contributed by atoms with Crippen molar-refractivity contribution in [2.75, 3.05) is 12.0 Å². The van der Waals surface area contributed by atoms with Gasteiger partial charge in [-0.1, -0.05) is 13.8 Å². The molecule has 0 aliphatic heterocycles. The molecule has 0 spiro atoms. The zero-order valence-corrected chi connectivity index (χ0v) is 15.3. The first-order valence-electron chi connectivity index (χ1n) is 6.29. The van der Waals surface area contributed by atoms with Gasteiger partial charge in [-0.25, -0.2) is 13.1 Å². The van der Waals surface area contributed by atoms with Crippen LogP contribution in [0.4, 0.5) is 0 Å². The third-order valence-corrected chi connectivity index (χ3v) is 5.73. The molecule has 1 rings (SSSR count). The Morgan fingerprint density at radius 3 is 2.60 bits per heavy atom. The molecule has 5 nitrogen and oxygen atoms in total. The van der Waals surface area contributed by atoms with Crippen molar-refractivity contribution in [3.63, 3.8) is 0 Å². The summed E-state index contributed by atoms with van der Waals surface area (Å²) in [4.78, 5) is 0.144. The molecule has 0 amide bonds. The van der Waals surface area contributed by atoms with Gasteiger partial charge in [0.25, 0.3) is 0 Å². The number of hydrogen-bond donors (Lipinski definition) is 2. The number of rotatable bonds is 8. The largest absolute Gasteiger partial charge is 0.452 e. The summed E-state index contributed by atoms with van der Waals surface area (Å²) < 4.78 is 32.8. The molecule has 8 heteroatoms. The van der Waals surface area contributed by atoms with E-state index in [2.05, 4.69) is 26.0 Å². The van der Waals surface area contributed by atoms with E-state index in [9.17, 15) is 8.42 Å². The van der Waals surface area contributed by atoms with E-state index in [4.69, 9.17) is 4.42 Å². The maximum Gasteiger partial charge on any atom is 0.245 e. The van der Waals surface area contributed by atoms with Gasteiger partial charge in [0.15, 0.2) is 4.67 Å². The van der Waals surface area contributed by atoms with Crippen molar-refractivity contribution in [3.8, 4) is 0 Å². The van der Waals surface area contributed by atoms with Gasteiger partial charge in [-0.15, -0.1) is 0 Å². The molecule has 1 atom stereocenters. The molecule has 0 aliphatic carbocycles. The zero-order chi connectivity index (χ0) is 15.3. The number of sulfonamides is 1. The van der Waals surface area contributed by atoms with Crippen LogP contribution in [0.25, 0.3) is 0 Å². The Bertz CT molecular complexity index is 529. The van der Waals surface area contributed by atoms with Gasteiger partial charge in [0.05, 0.1) is 6.54 Å². The second-order valence-electron chi connectivity index (χ2n) is 4.86. The van der Waals surface area contributed by atoms with Gasteiger partial charge >= 0.3 is 0 Å². The first kappa shape index (κ1) is 18.0. The summed E-state index contributed by atoms with van der Waals surface area (Å²) in [7, 11) is -3.56. The van der Waals surface area contributed by atoms with Crippen molar-refractivity contribution in [3.05, 3.63) is 16.5 Å². The first-order valence-corrected chi connectivity index (χ1v) is 9.96. The fourth-order valence-electron chi connectivity index (χ4n) is 1.59. The SMILES string of the molecule is CSCC(C)NS(=O)(=O)c1cc(CNC(C)C)oc1Br. The van der Waals surface area contributed by atoms with Crippen molar-refractivity contribution < 1.29 is 12.8 Å². The van der Waals surface area contributed by atoms with Crippen LogP contribution in [0.2, 0.25) is 0 Å². The molecule has 0 aromatic carbocycles. The van der Waals surface area contributed by atoms with Crippen molar-refractivity contribution >= 4 is 37.7 Å². The first-order chi connectivity index (χ1) is 9.26. The molecular weight excluding hydrogens is 364 g/mol. The third kappa shape index (κ3) is 5.40. The minimum Gasteiger partial charge on any atom is -0.452 e. The Labute approximate surface area is 133 Å². The lowest BCUT2D eigenvalue weighted by atomic mass is 10.3. The number of halogens is 1. The summed E-state index contributed by atoms with van der Waals surface area (Å²) in [5.74, 6) is 1.31. The number of furan rings is 1. The molecule has 116 valence electrons. The van der Waals surface area contributed by atoms with Crippen molar-refractivity contribution in [2.45, 2.75) is 44.3 Å². The van der Waals surface area contributed by atoms with Gasteiger partial charge in [-0.2, -0.15) is 11.8 Å². The Morgan fingerprint density at radius 1 is 1.40 bits per heavy atom. The maximum absolute atomic E-state index is 12.3. The van der Waals surface area contributed by atoms with E-state index in [1.54, 1.807) is 17.8 Å². The van der Waals surface area contributed by atoms with Gasteiger partial charge in [-0.3, -0.25) is 0 Å².